The summed E-state index contributed by atoms with van der Waals surface area (Å²) in [5.41, 5.74) is 4.38. The van der Waals surface area contributed by atoms with E-state index < -0.39 is 0 Å². The molecule has 0 unspecified atom stereocenters. The molecule has 6 nitrogen and oxygen atoms in total. The molecule has 1 aliphatic heterocycles. The molecule has 6 heteroatoms. The standard InChI is InChI=1S/C18H24N4O2/c1-13-5-4-6-16(11-13)24-12-17(23)21-7-9-22(10-8-21)18-14(2)19-20-15(18)3/h4-6,11H,7-10,12H2,1-3H3,(H,19,20). The van der Waals surface area contributed by atoms with Gasteiger partial charge in [-0.2, -0.15) is 5.10 Å². The molecule has 1 aliphatic rings. The van der Waals surface area contributed by atoms with Crippen molar-refractivity contribution < 1.29 is 9.53 Å². The van der Waals surface area contributed by atoms with Crippen molar-refractivity contribution in [2.24, 2.45) is 0 Å². The van der Waals surface area contributed by atoms with Gasteiger partial charge in [0.1, 0.15) is 5.75 Å². The lowest BCUT2D eigenvalue weighted by atomic mass is 10.2. The van der Waals surface area contributed by atoms with E-state index in [9.17, 15) is 4.79 Å². The first-order valence-electron chi connectivity index (χ1n) is 8.28. The third kappa shape index (κ3) is 3.53. The van der Waals surface area contributed by atoms with Gasteiger partial charge in [-0.05, 0) is 38.5 Å². The van der Waals surface area contributed by atoms with Crippen molar-refractivity contribution in [1.82, 2.24) is 15.1 Å². The highest BCUT2D eigenvalue weighted by Crippen LogP contribution is 2.23. The number of amides is 1. The van der Waals surface area contributed by atoms with Crippen LogP contribution in [0.15, 0.2) is 24.3 Å². The number of H-pyrrole nitrogens is 1. The number of benzene rings is 1. The number of ether oxygens (including phenoxy) is 1. The average molecular weight is 328 g/mol. The number of rotatable bonds is 4. The maximum absolute atomic E-state index is 12.3. The summed E-state index contributed by atoms with van der Waals surface area (Å²) in [4.78, 5) is 16.5. The van der Waals surface area contributed by atoms with Crippen molar-refractivity contribution in [3.8, 4) is 5.75 Å². The summed E-state index contributed by atoms with van der Waals surface area (Å²) in [5, 5.41) is 7.27. The topological polar surface area (TPSA) is 61.5 Å². The van der Waals surface area contributed by atoms with Crippen molar-refractivity contribution in [3.63, 3.8) is 0 Å². The molecule has 2 heterocycles. The minimum Gasteiger partial charge on any atom is -0.484 e. The van der Waals surface area contributed by atoms with Gasteiger partial charge in [0.15, 0.2) is 6.61 Å². The van der Waals surface area contributed by atoms with Gasteiger partial charge in [0.25, 0.3) is 5.91 Å². The van der Waals surface area contributed by atoms with Gasteiger partial charge in [0.05, 0.1) is 17.1 Å². The van der Waals surface area contributed by atoms with E-state index >= 15 is 0 Å². The highest BCUT2D eigenvalue weighted by atomic mass is 16.5. The minimum absolute atomic E-state index is 0.0387. The zero-order valence-corrected chi connectivity index (χ0v) is 14.5. The summed E-state index contributed by atoms with van der Waals surface area (Å²) >= 11 is 0. The van der Waals surface area contributed by atoms with Crippen molar-refractivity contribution >= 4 is 11.6 Å². The van der Waals surface area contributed by atoms with Gasteiger partial charge in [-0.3, -0.25) is 9.89 Å². The summed E-state index contributed by atoms with van der Waals surface area (Å²) < 4.78 is 5.62. The molecule has 0 bridgehead atoms. The van der Waals surface area contributed by atoms with E-state index in [1.807, 2.05) is 49.9 Å². The summed E-state index contributed by atoms with van der Waals surface area (Å²) in [6.45, 7) is 9.19. The number of nitrogens with one attached hydrogen (secondary N) is 1. The van der Waals surface area contributed by atoms with Crippen LogP contribution in [0.2, 0.25) is 0 Å². The summed E-state index contributed by atoms with van der Waals surface area (Å²) in [5.74, 6) is 0.781. The summed E-state index contributed by atoms with van der Waals surface area (Å²) in [7, 11) is 0. The van der Waals surface area contributed by atoms with Crippen LogP contribution in [0, 0.1) is 20.8 Å². The summed E-state index contributed by atoms with van der Waals surface area (Å²) in [6, 6.07) is 7.76. The molecule has 0 radical (unpaired) electrons. The Morgan fingerprint density at radius 3 is 2.58 bits per heavy atom. The first-order chi connectivity index (χ1) is 11.5. The molecule has 1 N–H and O–H groups in total. The molecule has 1 aromatic heterocycles. The first kappa shape index (κ1) is 16.4. The molecule has 1 aromatic carbocycles. The number of anilines is 1. The van der Waals surface area contributed by atoms with E-state index in [-0.39, 0.29) is 12.5 Å². The lowest BCUT2D eigenvalue weighted by molar-refractivity contribution is -0.133. The van der Waals surface area contributed by atoms with Crippen molar-refractivity contribution in [1.29, 1.82) is 0 Å². The molecule has 24 heavy (non-hydrogen) atoms. The monoisotopic (exact) mass is 328 g/mol. The average Bonchev–Trinajstić information content (AvgIpc) is 2.92. The van der Waals surface area contributed by atoms with E-state index in [2.05, 4.69) is 15.1 Å². The molecule has 1 amide bonds. The van der Waals surface area contributed by atoms with Gasteiger partial charge in [0.2, 0.25) is 0 Å². The molecule has 0 saturated carbocycles. The van der Waals surface area contributed by atoms with Gasteiger partial charge in [-0.25, -0.2) is 0 Å². The number of aryl methyl sites for hydroxylation is 3. The van der Waals surface area contributed by atoms with Gasteiger partial charge in [-0.1, -0.05) is 12.1 Å². The Kier molecular flexibility index (Phi) is 4.74. The maximum atomic E-state index is 12.3. The van der Waals surface area contributed by atoms with Crippen molar-refractivity contribution in [2.75, 3.05) is 37.7 Å². The zero-order valence-electron chi connectivity index (χ0n) is 14.5. The Hall–Kier alpha value is -2.50. The predicted octanol–water partition coefficient (Wildman–Crippen LogP) is 2.06. The normalized spacial score (nSPS) is 14.8. The van der Waals surface area contributed by atoms with Gasteiger partial charge in [0, 0.05) is 26.2 Å². The molecule has 1 saturated heterocycles. The largest absolute Gasteiger partial charge is 0.484 e. The second-order valence-corrected chi connectivity index (χ2v) is 6.26. The fourth-order valence-corrected chi connectivity index (χ4v) is 3.13. The third-order valence-electron chi connectivity index (χ3n) is 4.39. The second-order valence-electron chi connectivity index (χ2n) is 6.26. The van der Waals surface area contributed by atoms with Crippen LogP contribution in [0.25, 0.3) is 0 Å². The fourth-order valence-electron chi connectivity index (χ4n) is 3.13. The number of aromatic amines is 1. The number of carbonyl (C=O) groups is 1. The third-order valence-corrected chi connectivity index (χ3v) is 4.39. The Labute approximate surface area is 142 Å². The van der Waals surface area contributed by atoms with Crippen LogP contribution in [0.4, 0.5) is 5.69 Å². The molecular weight excluding hydrogens is 304 g/mol. The van der Waals surface area contributed by atoms with E-state index in [1.165, 1.54) is 0 Å². The Bertz CT molecular complexity index is 698. The minimum atomic E-state index is 0.0387. The fraction of sp³-hybridized carbons (Fsp3) is 0.444. The lowest BCUT2D eigenvalue weighted by Crippen LogP contribution is -2.50. The van der Waals surface area contributed by atoms with Gasteiger partial charge < -0.3 is 14.5 Å². The number of hydrogen-bond donors (Lipinski definition) is 1. The van der Waals surface area contributed by atoms with Crippen LogP contribution in [0.5, 0.6) is 5.75 Å². The predicted molar refractivity (Wildman–Crippen MR) is 93.5 cm³/mol. The molecule has 3 rings (SSSR count). The summed E-state index contributed by atoms with van der Waals surface area (Å²) in [6.07, 6.45) is 0. The SMILES string of the molecule is Cc1cccc(OCC(=O)N2CCN(c3c(C)n[nH]c3C)CC2)c1. The van der Waals surface area contributed by atoms with Crippen LogP contribution in [0.1, 0.15) is 17.0 Å². The second kappa shape index (κ2) is 6.95. The molecule has 0 atom stereocenters. The number of carbonyl (C=O) groups excluding carboxylic acids is 1. The molecule has 0 aliphatic carbocycles. The number of hydrogen-bond acceptors (Lipinski definition) is 4. The van der Waals surface area contributed by atoms with Gasteiger partial charge >= 0.3 is 0 Å². The molecule has 128 valence electrons. The van der Waals surface area contributed by atoms with Crippen LogP contribution < -0.4 is 9.64 Å². The van der Waals surface area contributed by atoms with Crippen LogP contribution >= 0.6 is 0 Å². The quantitative estimate of drug-likeness (QED) is 0.933. The molecule has 2 aromatic rings. The van der Waals surface area contributed by atoms with Gasteiger partial charge in [-0.15, -0.1) is 0 Å². The molecule has 1 fully saturated rings. The van der Waals surface area contributed by atoms with Crippen LogP contribution in [-0.2, 0) is 4.79 Å². The number of piperazine rings is 1. The van der Waals surface area contributed by atoms with E-state index in [0.717, 1.165) is 41.5 Å². The Morgan fingerprint density at radius 1 is 1.21 bits per heavy atom. The van der Waals surface area contributed by atoms with Crippen LogP contribution in [0.3, 0.4) is 0 Å². The highest BCUT2D eigenvalue weighted by molar-refractivity contribution is 5.78. The van der Waals surface area contributed by atoms with Crippen molar-refractivity contribution in [2.45, 2.75) is 20.8 Å². The zero-order chi connectivity index (χ0) is 17.1. The molecule has 0 spiro atoms. The van der Waals surface area contributed by atoms with E-state index in [0.29, 0.717) is 13.1 Å². The van der Waals surface area contributed by atoms with E-state index in [4.69, 9.17) is 4.74 Å². The van der Waals surface area contributed by atoms with Crippen molar-refractivity contribution in [3.05, 3.63) is 41.2 Å². The smallest absolute Gasteiger partial charge is 0.260 e. The Balaban J connectivity index is 1.52. The first-order valence-corrected chi connectivity index (χ1v) is 8.28. The van der Waals surface area contributed by atoms with Crippen LogP contribution in [-0.4, -0.2) is 53.8 Å². The number of nitrogens with zero attached hydrogens (tertiary/aromatic N) is 3. The molecular formula is C18H24N4O2. The number of aromatic nitrogens is 2. The maximum Gasteiger partial charge on any atom is 0.260 e. The highest BCUT2D eigenvalue weighted by Gasteiger charge is 2.24. The van der Waals surface area contributed by atoms with E-state index in [1.54, 1.807) is 0 Å². The lowest BCUT2D eigenvalue weighted by Gasteiger charge is -2.36. The Morgan fingerprint density at radius 2 is 1.96 bits per heavy atom.